The average Bonchev–Trinajstić information content (AvgIpc) is 3.10. The first-order valence-corrected chi connectivity index (χ1v) is 6.72. The molecule has 0 radical (unpaired) electrons. The van der Waals surface area contributed by atoms with Crippen LogP contribution in [0.1, 0.15) is 10.4 Å². The third-order valence-electron chi connectivity index (χ3n) is 2.95. The molecule has 0 fully saturated rings. The molecule has 1 N–H and O–H groups in total. The number of furan rings is 1. The zero-order valence-corrected chi connectivity index (χ0v) is 11.6. The third-order valence-corrected chi connectivity index (χ3v) is 2.95. The second-order valence-corrected chi connectivity index (χ2v) is 4.55. The zero-order valence-electron chi connectivity index (χ0n) is 11.6. The van der Waals surface area contributed by atoms with Gasteiger partial charge >= 0.3 is 0 Å². The van der Waals surface area contributed by atoms with E-state index >= 15 is 0 Å². The van der Waals surface area contributed by atoms with Gasteiger partial charge in [0.25, 0.3) is 5.91 Å². The number of nitrogens with zero attached hydrogens (tertiary/aromatic N) is 2. The predicted octanol–water partition coefficient (Wildman–Crippen LogP) is 4.95. The number of anilines is 1. The van der Waals surface area contributed by atoms with E-state index in [1.807, 2.05) is 30.3 Å². The molecular weight excluding hydrogens is 278 g/mol. The highest BCUT2D eigenvalue weighted by Gasteiger charge is 2.06. The monoisotopic (exact) mass is 291 g/mol. The minimum Gasteiger partial charge on any atom is -0.472 e. The van der Waals surface area contributed by atoms with Crippen molar-refractivity contribution in [2.75, 3.05) is 5.32 Å². The molecule has 0 aliphatic heterocycles. The van der Waals surface area contributed by atoms with Gasteiger partial charge in [0.1, 0.15) is 6.26 Å². The Labute approximate surface area is 127 Å². The van der Waals surface area contributed by atoms with Gasteiger partial charge in [-0.05, 0) is 42.5 Å². The van der Waals surface area contributed by atoms with Gasteiger partial charge in [0, 0.05) is 5.69 Å². The van der Waals surface area contributed by atoms with E-state index in [2.05, 4.69) is 15.5 Å². The highest BCUT2D eigenvalue weighted by Crippen LogP contribution is 2.20. The summed E-state index contributed by atoms with van der Waals surface area (Å²) in [4.78, 5) is 11.9. The number of rotatable bonds is 4. The van der Waals surface area contributed by atoms with E-state index in [-0.39, 0.29) is 5.91 Å². The average molecular weight is 291 g/mol. The smallest absolute Gasteiger partial charge is 0.258 e. The fraction of sp³-hybridized carbons (Fsp3) is 0. The highest BCUT2D eigenvalue weighted by molar-refractivity contribution is 6.04. The van der Waals surface area contributed by atoms with Crippen LogP contribution in [0.5, 0.6) is 0 Å². The Kier molecular flexibility index (Phi) is 4.06. The van der Waals surface area contributed by atoms with Gasteiger partial charge in [0.2, 0.25) is 0 Å². The Morgan fingerprint density at radius 3 is 2.18 bits per heavy atom. The minimum atomic E-state index is -0.215. The molecule has 0 spiro atoms. The van der Waals surface area contributed by atoms with E-state index < -0.39 is 0 Å². The van der Waals surface area contributed by atoms with Gasteiger partial charge < -0.3 is 9.73 Å². The molecule has 3 rings (SSSR count). The maximum absolute atomic E-state index is 11.9. The molecule has 1 aromatic heterocycles. The lowest BCUT2D eigenvalue weighted by Gasteiger charge is -2.03. The summed E-state index contributed by atoms with van der Waals surface area (Å²) in [6.45, 7) is 0. The van der Waals surface area contributed by atoms with Crippen LogP contribution in [0.4, 0.5) is 17.1 Å². The Morgan fingerprint density at radius 1 is 0.864 bits per heavy atom. The van der Waals surface area contributed by atoms with Gasteiger partial charge in [0.15, 0.2) is 0 Å². The second-order valence-electron chi connectivity index (χ2n) is 4.55. The molecular formula is C17H13N3O2. The maximum atomic E-state index is 11.9. The van der Waals surface area contributed by atoms with Crippen LogP contribution < -0.4 is 5.32 Å². The summed E-state index contributed by atoms with van der Waals surface area (Å²) in [5.41, 5.74) is 2.67. The van der Waals surface area contributed by atoms with Gasteiger partial charge in [0.05, 0.1) is 23.2 Å². The van der Waals surface area contributed by atoms with E-state index in [0.717, 1.165) is 5.69 Å². The number of azo groups is 1. The Balaban J connectivity index is 1.65. The summed E-state index contributed by atoms with van der Waals surface area (Å²) in [6.07, 6.45) is 2.86. The van der Waals surface area contributed by atoms with Crippen molar-refractivity contribution in [3.8, 4) is 0 Å². The molecule has 5 nitrogen and oxygen atoms in total. The van der Waals surface area contributed by atoms with Gasteiger partial charge in [-0.3, -0.25) is 4.79 Å². The van der Waals surface area contributed by atoms with Crippen molar-refractivity contribution in [2.45, 2.75) is 0 Å². The molecule has 0 atom stereocenters. The summed E-state index contributed by atoms with van der Waals surface area (Å²) in [5.74, 6) is -0.215. The molecule has 5 heteroatoms. The molecule has 1 amide bonds. The first-order chi connectivity index (χ1) is 10.8. The largest absolute Gasteiger partial charge is 0.472 e. The van der Waals surface area contributed by atoms with Gasteiger partial charge in [-0.25, -0.2) is 0 Å². The predicted molar refractivity (Wildman–Crippen MR) is 83.7 cm³/mol. The molecule has 0 bridgehead atoms. The fourth-order valence-electron chi connectivity index (χ4n) is 1.82. The number of carbonyl (C=O) groups excluding carboxylic acids is 1. The standard InChI is InChI=1S/C17H13N3O2/c21-17(13-10-11-22-12-13)18-14-6-8-16(9-7-14)20-19-15-4-2-1-3-5-15/h1-12H,(H,18,21). The highest BCUT2D eigenvalue weighted by atomic mass is 16.3. The van der Waals surface area contributed by atoms with Crippen molar-refractivity contribution >= 4 is 23.0 Å². The summed E-state index contributed by atoms with van der Waals surface area (Å²) in [7, 11) is 0. The topological polar surface area (TPSA) is 67.0 Å². The van der Waals surface area contributed by atoms with E-state index in [9.17, 15) is 4.79 Å². The molecule has 22 heavy (non-hydrogen) atoms. The lowest BCUT2D eigenvalue weighted by atomic mass is 10.2. The molecule has 108 valence electrons. The molecule has 3 aromatic rings. The SMILES string of the molecule is O=C(Nc1ccc(N=Nc2ccccc2)cc1)c1ccoc1. The Bertz CT molecular complexity index is 763. The Morgan fingerprint density at radius 2 is 1.55 bits per heavy atom. The van der Waals surface area contributed by atoms with Crippen LogP contribution in [-0.2, 0) is 0 Å². The number of amides is 1. The summed E-state index contributed by atoms with van der Waals surface area (Å²) < 4.78 is 4.88. The quantitative estimate of drug-likeness (QED) is 0.691. The molecule has 1 heterocycles. The van der Waals surface area contributed by atoms with Gasteiger partial charge in [-0.1, -0.05) is 18.2 Å². The normalized spacial score (nSPS) is 10.7. The van der Waals surface area contributed by atoms with Gasteiger partial charge in [-0.2, -0.15) is 10.2 Å². The third kappa shape index (κ3) is 3.46. The molecule has 0 aliphatic carbocycles. The van der Waals surface area contributed by atoms with E-state index in [0.29, 0.717) is 16.9 Å². The van der Waals surface area contributed by atoms with Crippen LogP contribution in [0.2, 0.25) is 0 Å². The van der Waals surface area contributed by atoms with Crippen molar-refractivity contribution in [3.05, 3.63) is 78.8 Å². The molecule has 0 saturated carbocycles. The van der Waals surface area contributed by atoms with Crippen LogP contribution in [0, 0.1) is 0 Å². The lowest BCUT2D eigenvalue weighted by molar-refractivity contribution is 0.102. The van der Waals surface area contributed by atoms with Crippen LogP contribution in [0.25, 0.3) is 0 Å². The van der Waals surface area contributed by atoms with Crippen LogP contribution in [0.15, 0.2) is 87.8 Å². The number of benzene rings is 2. The first-order valence-electron chi connectivity index (χ1n) is 6.72. The summed E-state index contributed by atoms with van der Waals surface area (Å²) >= 11 is 0. The lowest BCUT2D eigenvalue weighted by Crippen LogP contribution is -2.10. The number of carbonyl (C=O) groups is 1. The number of hydrogen-bond donors (Lipinski definition) is 1. The maximum Gasteiger partial charge on any atom is 0.258 e. The summed E-state index contributed by atoms with van der Waals surface area (Å²) in [6, 6.07) is 18.2. The molecule has 0 saturated heterocycles. The minimum absolute atomic E-state index is 0.215. The Hall–Kier alpha value is -3.21. The first kappa shape index (κ1) is 13.8. The van der Waals surface area contributed by atoms with Crippen molar-refractivity contribution in [1.29, 1.82) is 0 Å². The number of nitrogens with one attached hydrogen (secondary N) is 1. The zero-order chi connectivity index (χ0) is 15.2. The fourth-order valence-corrected chi connectivity index (χ4v) is 1.82. The van der Waals surface area contributed by atoms with E-state index in [1.54, 1.807) is 30.3 Å². The van der Waals surface area contributed by atoms with Crippen molar-refractivity contribution in [1.82, 2.24) is 0 Å². The van der Waals surface area contributed by atoms with E-state index in [1.165, 1.54) is 12.5 Å². The van der Waals surface area contributed by atoms with Crippen molar-refractivity contribution < 1.29 is 9.21 Å². The molecule has 0 unspecified atom stereocenters. The second kappa shape index (κ2) is 6.49. The van der Waals surface area contributed by atoms with E-state index in [4.69, 9.17) is 4.42 Å². The van der Waals surface area contributed by atoms with Crippen LogP contribution >= 0.6 is 0 Å². The van der Waals surface area contributed by atoms with Crippen molar-refractivity contribution in [3.63, 3.8) is 0 Å². The van der Waals surface area contributed by atoms with Crippen LogP contribution in [0.3, 0.4) is 0 Å². The van der Waals surface area contributed by atoms with Crippen molar-refractivity contribution in [2.24, 2.45) is 10.2 Å². The molecule has 0 aliphatic rings. The summed E-state index contributed by atoms with van der Waals surface area (Å²) in [5, 5.41) is 11.1. The molecule has 2 aromatic carbocycles. The van der Waals surface area contributed by atoms with Crippen LogP contribution in [-0.4, -0.2) is 5.91 Å². The van der Waals surface area contributed by atoms with Gasteiger partial charge in [-0.15, -0.1) is 0 Å². The number of hydrogen-bond acceptors (Lipinski definition) is 4.